The fraction of sp³-hybridized carbons (Fsp3) is 0.350. The van der Waals surface area contributed by atoms with E-state index in [1.54, 1.807) is 15.2 Å². The Balaban J connectivity index is 1.50. The maximum Gasteiger partial charge on any atom is 0.341 e. The topological polar surface area (TPSA) is 118 Å². The molecule has 166 valence electrons. The van der Waals surface area contributed by atoms with Gasteiger partial charge in [0.2, 0.25) is 11.3 Å². The van der Waals surface area contributed by atoms with E-state index in [2.05, 4.69) is 9.97 Å². The molecule has 3 aromatic rings. The van der Waals surface area contributed by atoms with Crippen LogP contribution in [0.25, 0.3) is 16.2 Å². The summed E-state index contributed by atoms with van der Waals surface area (Å²) in [6.07, 6.45) is 3.47. The second-order valence-electron chi connectivity index (χ2n) is 7.62. The lowest BCUT2D eigenvalue weighted by molar-refractivity contribution is -0.145. The predicted molar refractivity (Wildman–Crippen MR) is 113 cm³/mol. The van der Waals surface area contributed by atoms with E-state index in [-0.39, 0.29) is 35.4 Å². The highest BCUT2D eigenvalue weighted by molar-refractivity contribution is 7.12. The van der Waals surface area contributed by atoms with Crippen LogP contribution >= 0.6 is 11.3 Å². The average molecular weight is 459 g/mol. The van der Waals surface area contributed by atoms with E-state index in [9.17, 15) is 23.9 Å². The summed E-state index contributed by atoms with van der Waals surface area (Å²) in [5, 5.41) is 11.3. The van der Waals surface area contributed by atoms with Crippen LogP contribution < -0.4 is 10.3 Å². The van der Waals surface area contributed by atoms with Crippen molar-refractivity contribution in [3.8, 4) is 5.13 Å². The summed E-state index contributed by atoms with van der Waals surface area (Å²) in [6.45, 7) is 2.13. The van der Waals surface area contributed by atoms with Crippen LogP contribution in [0.3, 0.4) is 0 Å². The molecule has 1 amide bonds. The number of fused-ring (bicyclic) bond motifs is 1. The van der Waals surface area contributed by atoms with Gasteiger partial charge in [-0.1, -0.05) is 0 Å². The Morgan fingerprint density at radius 3 is 2.78 bits per heavy atom. The summed E-state index contributed by atoms with van der Waals surface area (Å²) in [4.78, 5) is 48.6. The maximum absolute atomic E-state index is 14.9. The van der Waals surface area contributed by atoms with E-state index in [1.165, 1.54) is 22.1 Å². The highest BCUT2D eigenvalue weighted by Gasteiger charge is 2.38. The first-order valence-corrected chi connectivity index (χ1v) is 10.8. The molecule has 2 aliphatic heterocycles. The molecule has 1 N–H and O–H groups in total. The number of pyridine rings is 2. The highest BCUT2D eigenvalue weighted by atomic mass is 32.1. The third-order valence-corrected chi connectivity index (χ3v) is 6.35. The van der Waals surface area contributed by atoms with Gasteiger partial charge in [-0.25, -0.2) is 19.2 Å². The Kier molecular flexibility index (Phi) is 5.10. The van der Waals surface area contributed by atoms with E-state index in [4.69, 9.17) is 4.74 Å². The minimum absolute atomic E-state index is 0.00391. The monoisotopic (exact) mass is 459 g/mol. The zero-order valence-electron chi connectivity index (χ0n) is 16.7. The van der Waals surface area contributed by atoms with Crippen LogP contribution in [0.5, 0.6) is 0 Å². The van der Waals surface area contributed by atoms with Gasteiger partial charge in [0.05, 0.1) is 17.9 Å². The van der Waals surface area contributed by atoms with Gasteiger partial charge in [-0.3, -0.25) is 14.2 Å². The zero-order valence-corrected chi connectivity index (χ0v) is 17.5. The van der Waals surface area contributed by atoms with Gasteiger partial charge in [-0.15, -0.1) is 11.3 Å². The van der Waals surface area contributed by atoms with Crippen molar-refractivity contribution in [1.29, 1.82) is 0 Å². The van der Waals surface area contributed by atoms with Gasteiger partial charge in [0, 0.05) is 37.4 Å². The van der Waals surface area contributed by atoms with Crippen molar-refractivity contribution in [2.45, 2.75) is 6.42 Å². The highest BCUT2D eigenvalue weighted by Crippen LogP contribution is 2.30. The van der Waals surface area contributed by atoms with Crippen molar-refractivity contribution >= 4 is 40.1 Å². The van der Waals surface area contributed by atoms with E-state index >= 15 is 0 Å². The largest absolute Gasteiger partial charge is 0.477 e. The van der Waals surface area contributed by atoms with Crippen LogP contribution in [0.2, 0.25) is 0 Å². The summed E-state index contributed by atoms with van der Waals surface area (Å²) in [5.41, 5.74) is -1.22. The fourth-order valence-corrected chi connectivity index (χ4v) is 4.52. The maximum atomic E-state index is 14.9. The van der Waals surface area contributed by atoms with Crippen LogP contribution in [-0.4, -0.2) is 69.4 Å². The quantitative estimate of drug-likeness (QED) is 0.621. The molecule has 2 fully saturated rings. The second-order valence-corrected chi connectivity index (χ2v) is 8.49. The molecule has 0 unspecified atom stereocenters. The summed E-state index contributed by atoms with van der Waals surface area (Å²) in [5.74, 6) is -2.49. The number of aromatic nitrogens is 3. The van der Waals surface area contributed by atoms with E-state index in [0.717, 1.165) is 18.7 Å². The van der Waals surface area contributed by atoms with Gasteiger partial charge in [-0.2, -0.15) is 0 Å². The molecule has 10 nitrogen and oxygen atoms in total. The Labute approximate surface area is 184 Å². The molecule has 3 aromatic heterocycles. The Morgan fingerprint density at radius 1 is 1.31 bits per heavy atom. The number of carbonyl (C=O) groups excluding carboxylic acids is 1. The minimum atomic E-state index is -1.42. The van der Waals surface area contributed by atoms with Crippen molar-refractivity contribution in [3.63, 3.8) is 0 Å². The van der Waals surface area contributed by atoms with Crippen LogP contribution in [0.4, 0.5) is 10.2 Å². The number of carbonyl (C=O) groups is 2. The lowest BCUT2D eigenvalue weighted by Gasteiger charge is -2.42. The minimum Gasteiger partial charge on any atom is -0.477 e. The first kappa shape index (κ1) is 20.5. The molecule has 2 saturated heterocycles. The number of nitrogens with zero attached hydrogens (tertiary/aromatic N) is 5. The summed E-state index contributed by atoms with van der Waals surface area (Å²) in [6, 6.07) is 1.00. The number of carboxylic acids is 1. The van der Waals surface area contributed by atoms with Crippen LogP contribution in [0.15, 0.2) is 28.6 Å². The average Bonchev–Trinajstić information content (AvgIpc) is 3.29. The molecular formula is C20H18FN5O5S. The number of carboxylic acid groups (broad SMARTS) is 1. The number of thiazole rings is 1. The Morgan fingerprint density at radius 2 is 2.12 bits per heavy atom. The van der Waals surface area contributed by atoms with E-state index in [1.807, 2.05) is 0 Å². The second kappa shape index (κ2) is 7.95. The van der Waals surface area contributed by atoms with Crippen LogP contribution in [0.1, 0.15) is 16.8 Å². The molecule has 0 aliphatic carbocycles. The number of aromatic carboxylic acids is 1. The standard InChI is InChI=1S/C20H18FN5O5S/c21-14-6-12-15(27)13(19(29)30)9-26(20-22-2-5-32-20)16(12)23-17(14)25-7-11(8-25)18(28)24-3-1-4-31-10-24/h2,5-6,9,11H,1,3-4,7-8,10H2,(H,29,30). The normalized spacial score (nSPS) is 16.9. The number of ether oxygens (including phenoxy) is 1. The lowest BCUT2D eigenvalue weighted by atomic mass is 9.98. The summed E-state index contributed by atoms with van der Waals surface area (Å²) >= 11 is 1.22. The first-order valence-electron chi connectivity index (χ1n) is 9.94. The number of anilines is 1. The van der Waals surface area contributed by atoms with Crippen molar-refractivity contribution in [1.82, 2.24) is 19.4 Å². The first-order chi connectivity index (χ1) is 15.4. The third-order valence-electron chi connectivity index (χ3n) is 5.57. The van der Waals surface area contributed by atoms with Gasteiger partial charge >= 0.3 is 5.97 Å². The molecular weight excluding hydrogens is 441 g/mol. The molecule has 0 atom stereocenters. The lowest BCUT2D eigenvalue weighted by Crippen LogP contribution is -2.56. The molecule has 0 radical (unpaired) electrons. The molecule has 0 spiro atoms. The molecule has 32 heavy (non-hydrogen) atoms. The van der Waals surface area contributed by atoms with Crippen molar-refractivity contribution in [2.75, 3.05) is 37.9 Å². The van der Waals surface area contributed by atoms with Gasteiger partial charge < -0.3 is 19.6 Å². The number of halogens is 1. The number of hydrogen-bond acceptors (Lipinski definition) is 8. The van der Waals surface area contributed by atoms with Crippen molar-refractivity contribution in [3.05, 3.63) is 45.4 Å². The Bertz CT molecular complexity index is 1270. The summed E-state index contributed by atoms with van der Waals surface area (Å²) in [7, 11) is 0. The predicted octanol–water partition coefficient (Wildman–Crippen LogP) is 1.32. The van der Waals surface area contributed by atoms with Gasteiger partial charge in [-0.05, 0) is 12.5 Å². The summed E-state index contributed by atoms with van der Waals surface area (Å²) < 4.78 is 21.6. The third kappa shape index (κ3) is 3.41. The van der Waals surface area contributed by atoms with Gasteiger partial charge in [0.1, 0.15) is 12.3 Å². The molecule has 5 heterocycles. The number of hydrogen-bond donors (Lipinski definition) is 1. The molecule has 5 rings (SSSR count). The number of rotatable bonds is 4. The zero-order chi connectivity index (χ0) is 22.4. The molecule has 0 bridgehead atoms. The van der Waals surface area contributed by atoms with Crippen molar-refractivity contribution in [2.24, 2.45) is 5.92 Å². The van der Waals surface area contributed by atoms with Gasteiger partial charge in [0.25, 0.3) is 0 Å². The smallest absolute Gasteiger partial charge is 0.341 e. The molecule has 0 aromatic carbocycles. The van der Waals surface area contributed by atoms with Crippen LogP contribution in [-0.2, 0) is 9.53 Å². The molecule has 0 saturated carbocycles. The van der Waals surface area contributed by atoms with Crippen molar-refractivity contribution < 1.29 is 23.8 Å². The Hall–Kier alpha value is -3.38. The van der Waals surface area contributed by atoms with E-state index in [0.29, 0.717) is 31.4 Å². The molecule has 12 heteroatoms. The fourth-order valence-electron chi connectivity index (χ4n) is 3.91. The van der Waals surface area contributed by atoms with Gasteiger partial charge in [0.15, 0.2) is 22.4 Å². The number of amides is 1. The van der Waals surface area contributed by atoms with E-state index < -0.39 is 22.8 Å². The van der Waals surface area contributed by atoms with Crippen LogP contribution in [0, 0.1) is 11.7 Å². The molecule has 2 aliphatic rings. The SMILES string of the molecule is O=C(O)c1cn(-c2nccs2)c2nc(N3CC(C(=O)N4CCCOC4)C3)c(F)cc2c1=O.